The lowest BCUT2D eigenvalue weighted by atomic mass is 10.1. The van der Waals surface area contributed by atoms with Crippen LogP contribution in [-0.2, 0) is 6.42 Å². The second-order valence-corrected chi connectivity index (χ2v) is 6.03. The molecule has 0 aliphatic rings. The van der Waals surface area contributed by atoms with Gasteiger partial charge in [0.1, 0.15) is 0 Å². The van der Waals surface area contributed by atoms with Crippen LogP contribution in [0.2, 0.25) is 0 Å². The Morgan fingerprint density at radius 2 is 1.54 bits per heavy atom. The average Bonchev–Trinajstić information content (AvgIpc) is 3.18. The summed E-state index contributed by atoms with van der Waals surface area (Å²) in [4.78, 5) is 30.3. The number of ketones is 2. The Morgan fingerprint density at radius 3 is 2.33 bits per heavy atom. The van der Waals surface area contributed by atoms with E-state index in [1.807, 2.05) is 54.6 Å². The Balaban J connectivity index is 1.62. The number of rotatable bonds is 4. The number of Topliss-reactive ketones (excluding diaryl/α,β-unsaturated/α-hetero) is 2. The van der Waals surface area contributed by atoms with Crippen molar-refractivity contribution in [1.29, 1.82) is 0 Å². The normalized spacial score (nSPS) is 11.2. The summed E-state index contributed by atoms with van der Waals surface area (Å²) in [6.07, 6.45) is 0.323. The van der Waals surface area contributed by atoms with Crippen LogP contribution in [0.1, 0.15) is 33.5 Å². The number of hydrogen-bond donors (Lipinski definition) is 2. The molecule has 0 fully saturated rings. The summed E-state index contributed by atoms with van der Waals surface area (Å²) < 4.78 is 0. The van der Waals surface area contributed by atoms with E-state index < -0.39 is 0 Å². The molecule has 4 aromatic rings. The van der Waals surface area contributed by atoms with Crippen LogP contribution in [0.15, 0.2) is 54.6 Å². The molecule has 0 aliphatic heterocycles. The first-order valence-corrected chi connectivity index (χ1v) is 7.84. The molecule has 24 heavy (non-hydrogen) atoms. The van der Waals surface area contributed by atoms with Gasteiger partial charge in [-0.25, -0.2) is 0 Å². The van der Waals surface area contributed by atoms with Crippen LogP contribution in [0.3, 0.4) is 0 Å². The second kappa shape index (κ2) is 5.49. The highest BCUT2D eigenvalue weighted by Crippen LogP contribution is 2.20. The van der Waals surface area contributed by atoms with Crippen molar-refractivity contribution >= 4 is 33.4 Å². The monoisotopic (exact) mass is 316 g/mol. The summed E-state index contributed by atoms with van der Waals surface area (Å²) in [6.45, 7) is 1.53. The molecule has 2 aromatic heterocycles. The third-order valence-corrected chi connectivity index (χ3v) is 4.26. The minimum absolute atomic E-state index is 0.00176. The summed E-state index contributed by atoms with van der Waals surface area (Å²) >= 11 is 0. The Labute approximate surface area is 138 Å². The lowest BCUT2D eigenvalue weighted by molar-refractivity contribution is 0.0986. The maximum absolute atomic E-state index is 12.5. The first kappa shape index (κ1) is 14.5. The molecular weight excluding hydrogens is 300 g/mol. The molecule has 118 valence electrons. The van der Waals surface area contributed by atoms with Gasteiger partial charge in [-0.05, 0) is 35.9 Å². The van der Waals surface area contributed by atoms with Gasteiger partial charge in [0, 0.05) is 35.2 Å². The number of fused-ring (bicyclic) bond motifs is 2. The van der Waals surface area contributed by atoms with Crippen LogP contribution in [0.4, 0.5) is 0 Å². The van der Waals surface area contributed by atoms with Gasteiger partial charge in [0.2, 0.25) is 0 Å². The van der Waals surface area contributed by atoms with Crippen molar-refractivity contribution in [1.82, 2.24) is 9.97 Å². The van der Waals surface area contributed by atoms with E-state index in [4.69, 9.17) is 0 Å². The molecule has 4 nitrogen and oxygen atoms in total. The van der Waals surface area contributed by atoms with Crippen molar-refractivity contribution in [3.8, 4) is 0 Å². The van der Waals surface area contributed by atoms with Crippen molar-refractivity contribution < 1.29 is 9.59 Å². The molecule has 0 saturated carbocycles. The molecule has 4 heteroatoms. The summed E-state index contributed by atoms with van der Waals surface area (Å²) in [5.74, 6) is 0.0507. The number of nitrogens with one attached hydrogen (secondary N) is 2. The molecule has 0 radical (unpaired) electrons. The quantitative estimate of drug-likeness (QED) is 0.552. The zero-order valence-corrected chi connectivity index (χ0v) is 13.2. The number of aromatic amines is 2. The zero-order chi connectivity index (χ0) is 16.7. The van der Waals surface area contributed by atoms with E-state index in [9.17, 15) is 9.59 Å². The number of H-pyrrole nitrogens is 2. The third kappa shape index (κ3) is 2.52. The number of carbonyl (C=O) groups is 2. The maximum atomic E-state index is 12.5. The molecule has 0 saturated heterocycles. The molecule has 0 unspecified atom stereocenters. The topological polar surface area (TPSA) is 65.7 Å². The van der Waals surface area contributed by atoms with E-state index >= 15 is 0 Å². The van der Waals surface area contributed by atoms with E-state index in [0.717, 1.165) is 27.4 Å². The van der Waals surface area contributed by atoms with Gasteiger partial charge in [-0.3, -0.25) is 9.59 Å². The first-order chi connectivity index (χ1) is 11.6. The molecule has 2 heterocycles. The molecule has 0 atom stereocenters. The van der Waals surface area contributed by atoms with Crippen molar-refractivity contribution in [2.75, 3.05) is 0 Å². The van der Waals surface area contributed by atoms with Crippen molar-refractivity contribution in [3.05, 3.63) is 71.5 Å². The standard InChI is InChI=1S/C20H16N2O2/c1-12(23)18-11-15-8-13(6-7-17(15)21-18)9-20(24)19-10-14-4-2-3-5-16(14)22-19/h2-8,10-11,21-22H,9H2,1H3. The minimum Gasteiger partial charge on any atom is -0.352 e. The summed E-state index contributed by atoms with van der Waals surface area (Å²) in [6, 6.07) is 17.3. The number of para-hydroxylation sites is 1. The highest BCUT2D eigenvalue weighted by Gasteiger charge is 2.12. The largest absolute Gasteiger partial charge is 0.352 e. The second-order valence-electron chi connectivity index (χ2n) is 6.03. The predicted octanol–water partition coefficient (Wildman–Crippen LogP) is 4.28. The first-order valence-electron chi connectivity index (χ1n) is 7.84. The van der Waals surface area contributed by atoms with Gasteiger partial charge in [0.05, 0.1) is 11.4 Å². The van der Waals surface area contributed by atoms with E-state index in [0.29, 0.717) is 17.8 Å². The molecule has 0 bridgehead atoms. The van der Waals surface area contributed by atoms with Gasteiger partial charge in [0.25, 0.3) is 0 Å². The Morgan fingerprint density at radius 1 is 0.833 bits per heavy atom. The predicted molar refractivity (Wildman–Crippen MR) is 94.6 cm³/mol. The van der Waals surface area contributed by atoms with E-state index in [1.165, 1.54) is 6.92 Å². The maximum Gasteiger partial charge on any atom is 0.183 e. The third-order valence-electron chi connectivity index (χ3n) is 4.26. The fourth-order valence-corrected chi connectivity index (χ4v) is 2.99. The molecule has 2 aromatic carbocycles. The minimum atomic E-state index is 0.00176. The van der Waals surface area contributed by atoms with Crippen LogP contribution < -0.4 is 0 Å². The van der Waals surface area contributed by atoms with Gasteiger partial charge >= 0.3 is 0 Å². The zero-order valence-electron chi connectivity index (χ0n) is 13.2. The van der Waals surface area contributed by atoms with Gasteiger partial charge < -0.3 is 9.97 Å². The van der Waals surface area contributed by atoms with E-state index in [1.54, 1.807) is 0 Å². The fourth-order valence-electron chi connectivity index (χ4n) is 2.99. The van der Waals surface area contributed by atoms with Crippen LogP contribution in [0, 0.1) is 0 Å². The number of benzene rings is 2. The van der Waals surface area contributed by atoms with Gasteiger partial charge in [-0.2, -0.15) is 0 Å². The van der Waals surface area contributed by atoms with Crippen LogP contribution in [0.5, 0.6) is 0 Å². The van der Waals surface area contributed by atoms with Crippen LogP contribution in [0.25, 0.3) is 21.8 Å². The van der Waals surface area contributed by atoms with Crippen molar-refractivity contribution in [2.45, 2.75) is 13.3 Å². The number of aromatic nitrogens is 2. The van der Waals surface area contributed by atoms with E-state index in [-0.39, 0.29) is 11.6 Å². The lowest BCUT2D eigenvalue weighted by Gasteiger charge is -2.00. The van der Waals surface area contributed by atoms with Gasteiger partial charge in [-0.1, -0.05) is 24.3 Å². The number of hydrogen-bond acceptors (Lipinski definition) is 2. The van der Waals surface area contributed by atoms with Gasteiger partial charge in [0.15, 0.2) is 11.6 Å². The fraction of sp³-hybridized carbons (Fsp3) is 0.100. The van der Waals surface area contributed by atoms with E-state index in [2.05, 4.69) is 9.97 Å². The SMILES string of the molecule is CC(=O)c1cc2cc(CC(=O)c3cc4ccccc4[nH]3)ccc2[nH]1. The Kier molecular flexibility index (Phi) is 3.31. The average molecular weight is 316 g/mol. The molecule has 4 rings (SSSR count). The van der Waals surface area contributed by atoms with Gasteiger partial charge in [-0.15, -0.1) is 0 Å². The van der Waals surface area contributed by atoms with Crippen LogP contribution in [-0.4, -0.2) is 21.5 Å². The molecule has 0 amide bonds. The lowest BCUT2D eigenvalue weighted by Crippen LogP contribution is -2.03. The van der Waals surface area contributed by atoms with Crippen molar-refractivity contribution in [2.24, 2.45) is 0 Å². The molecule has 0 aliphatic carbocycles. The summed E-state index contributed by atoms with van der Waals surface area (Å²) in [5.41, 5.74) is 4.01. The number of carbonyl (C=O) groups excluding carboxylic acids is 2. The summed E-state index contributed by atoms with van der Waals surface area (Å²) in [5, 5.41) is 1.98. The highest BCUT2D eigenvalue weighted by atomic mass is 16.1. The smallest absolute Gasteiger partial charge is 0.183 e. The van der Waals surface area contributed by atoms with Crippen molar-refractivity contribution in [3.63, 3.8) is 0 Å². The van der Waals surface area contributed by atoms with Crippen LogP contribution >= 0.6 is 0 Å². The summed E-state index contributed by atoms with van der Waals surface area (Å²) in [7, 11) is 0. The molecule has 2 N–H and O–H groups in total. The Bertz CT molecular complexity index is 1050. The Hall–Kier alpha value is -3.14. The molecular formula is C20H16N2O2. The molecule has 0 spiro atoms. The highest BCUT2D eigenvalue weighted by molar-refractivity contribution is 6.01.